The topological polar surface area (TPSA) is 331 Å². The van der Waals surface area contributed by atoms with E-state index in [1.807, 2.05) is 0 Å². The minimum Gasteiger partial charge on any atom is -0.793 e. The molecule has 0 aliphatic carbocycles. The molecule has 0 unspecified atom stereocenters. The van der Waals surface area contributed by atoms with Gasteiger partial charge in [-0.15, -0.1) is 0 Å². The Morgan fingerprint density at radius 1 is 1.14 bits per heavy atom. The summed E-state index contributed by atoms with van der Waals surface area (Å²) in [5, 5.41) is 8.25. The van der Waals surface area contributed by atoms with Crippen molar-refractivity contribution in [1.82, 2.24) is 4.90 Å². The first-order valence-electron chi connectivity index (χ1n) is 3.03. The second kappa shape index (κ2) is 25.6. The van der Waals surface area contributed by atoms with E-state index in [1.54, 1.807) is 0 Å². The Balaban J connectivity index is -0.0000000257. The molecule has 0 amide bonds. The maximum absolute atomic E-state index is 10.1. The Bertz CT molecular complexity index is 287. The first-order valence-corrected chi connectivity index (χ1v) is 4.52. The number of carbonyl (C=O) groups is 1. The van der Waals surface area contributed by atoms with Gasteiger partial charge in [-0.3, -0.25) is 4.79 Å². The predicted molar refractivity (Wildman–Crippen MR) is 61.2 cm³/mol. The summed E-state index contributed by atoms with van der Waals surface area (Å²) in [6, 6.07) is 0. The summed E-state index contributed by atoms with van der Waals surface area (Å²) in [5.41, 5.74) is 4.99. The van der Waals surface area contributed by atoms with Gasteiger partial charge >= 0.3 is 65.1 Å². The van der Waals surface area contributed by atoms with Crippen LogP contribution in [-0.2, 0) is 9.36 Å². The molecule has 0 fully saturated rings. The first-order chi connectivity index (χ1) is 5.72. The zero-order valence-electron chi connectivity index (χ0n) is 11.7. The molecule has 0 atom stereocenters. The molecule has 0 aromatic rings. The second-order valence-corrected chi connectivity index (χ2v) is 3.31. The molecule has 15 N–H and O–H groups in total. The summed E-state index contributed by atoms with van der Waals surface area (Å²) in [4.78, 5) is 31.1. The number of nitrogens with zero attached hydrogens (tertiary/aromatic N) is 2. The van der Waals surface area contributed by atoms with Gasteiger partial charge in [0, 0.05) is 7.05 Å². The SMILES string of the molecule is CN(CC(=O)O)/C(N)=N/P(=O)([O-])[O-].O.O.O.O.O.O.[Na+].[Na+]. The second-order valence-electron chi connectivity index (χ2n) is 2.18. The van der Waals surface area contributed by atoms with E-state index in [1.165, 1.54) is 7.05 Å². The number of aliphatic carboxylic acids is 1. The first kappa shape index (κ1) is 57.7. The van der Waals surface area contributed by atoms with Crippen molar-refractivity contribution >= 4 is 19.7 Å². The molecule has 0 radical (unpaired) electrons. The van der Waals surface area contributed by atoms with Gasteiger partial charge in [0.2, 0.25) is 0 Å². The normalized spacial score (nSPS) is 7.86. The van der Waals surface area contributed by atoms with Crippen LogP contribution in [0, 0.1) is 0 Å². The quantitative estimate of drug-likeness (QED) is 0.210. The summed E-state index contributed by atoms with van der Waals surface area (Å²) in [6.07, 6.45) is 0. The van der Waals surface area contributed by atoms with Crippen LogP contribution in [0.15, 0.2) is 4.76 Å². The van der Waals surface area contributed by atoms with Gasteiger partial charge in [0.05, 0.1) is 7.75 Å². The van der Waals surface area contributed by atoms with Crippen molar-refractivity contribution < 1.29 is 116 Å². The van der Waals surface area contributed by atoms with Crippen LogP contribution in [0.2, 0.25) is 0 Å². The number of likely N-dealkylation sites (N-methyl/N-ethyl adjacent to an activating group) is 1. The third-order valence-corrected chi connectivity index (χ3v) is 1.44. The number of rotatable bonds is 3. The molecular weight excluding hydrogens is 343 g/mol. The molecule has 14 nitrogen and oxygen atoms in total. The van der Waals surface area contributed by atoms with Crippen LogP contribution in [-0.4, -0.2) is 68.4 Å². The molecule has 0 aliphatic heterocycles. The number of nitrogens with two attached hydrogens (primary N) is 1. The van der Waals surface area contributed by atoms with E-state index >= 15 is 0 Å². The Morgan fingerprint density at radius 3 is 1.62 bits per heavy atom. The van der Waals surface area contributed by atoms with E-state index in [4.69, 9.17) is 10.8 Å². The van der Waals surface area contributed by atoms with Crippen molar-refractivity contribution in [2.24, 2.45) is 10.5 Å². The number of carboxylic acid groups (broad SMARTS) is 1. The van der Waals surface area contributed by atoms with E-state index in [9.17, 15) is 19.1 Å². The van der Waals surface area contributed by atoms with Crippen molar-refractivity contribution in [3.05, 3.63) is 0 Å². The van der Waals surface area contributed by atoms with E-state index in [0.29, 0.717) is 0 Å². The molecule has 0 aromatic heterocycles. The van der Waals surface area contributed by atoms with Crippen LogP contribution in [0.3, 0.4) is 0 Å². The maximum Gasteiger partial charge on any atom is 1.00 e. The van der Waals surface area contributed by atoms with E-state index in [2.05, 4.69) is 4.76 Å². The standard InChI is InChI=1S/C4H10N3O5P.2Na.6H2O/c1-7(2-3(8)9)4(5)6-13(10,11)12;;;;;;;;/h2H2,1H3,(H,8,9)(H4,5,6,10,11,12);;;6*1H2/q;2*+1;;;;;;/p-2. The molecule has 124 valence electrons. The van der Waals surface area contributed by atoms with Crippen molar-refractivity contribution in [2.45, 2.75) is 0 Å². The zero-order valence-corrected chi connectivity index (χ0v) is 16.6. The molecule has 0 saturated heterocycles. The number of hydrogen-bond donors (Lipinski definition) is 2. The van der Waals surface area contributed by atoms with Gasteiger partial charge in [-0.2, -0.15) is 0 Å². The molecule has 0 aliphatic rings. The molecular formula is C4H20N3Na2O11P. The summed E-state index contributed by atoms with van der Waals surface area (Å²) in [5.74, 6) is -1.86. The van der Waals surface area contributed by atoms with Crippen LogP contribution in [0.25, 0.3) is 0 Å². The van der Waals surface area contributed by atoms with Gasteiger partial charge in [0.15, 0.2) is 5.96 Å². The Labute approximate surface area is 164 Å². The van der Waals surface area contributed by atoms with Crippen LogP contribution in [0.1, 0.15) is 0 Å². The predicted octanol–water partition coefficient (Wildman–Crippen LogP) is -13.8. The van der Waals surface area contributed by atoms with Gasteiger partial charge in [0.25, 0.3) is 0 Å². The van der Waals surface area contributed by atoms with Gasteiger partial charge in [-0.25, -0.2) is 4.76 Å². The number of carboxylic acids is 1. The average Bonchev–Trinajstić information content (AvgIpc) is 1.81. The molecule has 0 heterocycles. The number of hydrogen-bond acceptors (Lipinski definition) is 4. The van der Waals surface area contributed by atoms with Crippen LogP contribution in [0.4, 0.5) is 0 Å². The minimum atomic E-state index is -5.09. The zero-order chi connectivity index (χ0) is 10.6. The van der Waals surface area contributed by atoms with Crippen LogP contribution in [0.5, 0.6) is 0 Å². The van der Waals surface area contributed by atoms with Gasteiger partial charge in [0.1, 0.15) is 6.54 Å². The van der Waals surface area contributed by atoms with Crippen LogP contribution < -0.4 is 74.6 Å². The maximum atomic E-state index is 10.1. The van der Waals surface area contributed by atoms with Crippen molar-refractivity contribution in [2.75, 3.05) is 13.6 Å². The Kier molecular flexibility index (Phi) is 70.3. The summed E-state index contributed by atoms with van der Waals surface area (Å²) < 4.78 is 12.6. The van der Waals surface area contributed by atoms with Gasteiger partial charge in [-0.1, -0.05) is 0 Å². The fourth-order valence-electron chi connectivity index (χ4n) is 0.486. The van der Waals surface area contributed by atoms with Crippen molar-refractivity contribution in [1.29, 1.82) is 0 Å². The van der Waals surface area contributed by atoms with Gasteiger partial charge in [-0.05, 0) is 0 Å². The number of guanidine groups is 1. The minimum absolute atomic E-state index is 0. The smallest absolute Gasteiger partial charge is 0.793 e. The molecule has 17 heteroatoms. The molecule has 0 rings (SSSR count). The molecule has 0 spiro atoms. The molecule has 0 aromatic carbocycles. The van der Waals surface area contributed by atoms with Crippen molar-refractivity contribution in [3.8, 4) is 0 Å². The third kappa shape index (κ3) is 38.5. The van der Waals surface area contributed by atoms with E-state index in [-0.39, 0.29) is 92.0 Å². The monoisotopic (exact) mass is 363 g/mol. The van der Waals surface area contributed by atoms with Crippen LogP contribution >= 0.6 is 7.75 Å². The molecule has 0 bridgehead atoms. The van der Waals surface area contributed by atoms with E-state index < -0.39 is 26.2 Å². The van der Waals surface area contributed by atoms with Gasteiger partial charge < -0.3 is 62.9 Å². The van der Waals surface area contributed by atoms with Crippen molar-refractivity contribution in [3.63, 3.8) is 0 Å². The van der Waals surface area contributed by atoms with E-state index in [0.717, 1.165) is 4.90 Å². The summed E-state index contributed by atoms with van der Waals surface area (Å²) in [7, 11) is -3.89. The fourth-order valence-corrected chi connectivity index (χ4v) is 0.889. The summed E-state index contributed by atoms with van der Waals surface area (Å²) in [6.45, 7) is -0.532. The Morgan fingerprint density at radius 2 is 1.43 bits per heavy atom. The molecule has 21 heavy (non-hydrogen) atoms. The molecule has 0 saturated carbocycles. The average molecular weight is 363 g/mol. The largest absolute Gasteiger partial charge is 1.00 e. The Hall–Kier alpha value is 0.650. The summed E-state index contributed by atoms with van der Waals surface area (Å²) >= 11 is 0. The third-order valence-electron chi connectivity index (χ3n) is 0.988. The fraction of sp³-hybridized carbons (Fsp3) is 0.500.